The topological polar surface area (TPSA) is 34.1 Å². The van der Waals surface area contributed by atoms with E-state index in [0.29, 0.717) is 0 Å². The minimum atomic E-state index is -2.99. The minimum Gasteiger partial charge on any atom is -0.228 e. The molecule has 0 bridgehead atoms. The van der Waals surface area contributed by atoms with Crippen LogP contribution >= 0.6 is 15.9 Å². The van der Waals surface area contributed by atoms with Gasteiger partial charge in [0, 0.05) is 4.47 Å². The van der Waals surface area contributed by atoms with E-state index in [0.717, 1.165) is 10.0 Å². The van der Waals surface area contributed by atoms with Gasteiger partial charge in [-0.2, -0.15) is 0 Å². The number of hydrogen-bond acceptors (Lipinski definition) is 2. The normalized spacial score (nSPS) is 12.0. The highest BCUT2D eigenvalue weighted by molar-refractivity contribution is 9.10. The lowest BCUT2D eigenvalue weighted by atomic mass is 10.2. The summed E-state index contributed by atoms with van der Waals surface area (Å²) in [6.07, 6.45) is 0. The standard InChI is InChI=1S/C10H13BrO2S/c1-8(2)14(12,13)7-9-4-3-5-10(11)6-9/h3-6,8H,7H2,1-2H3. The van der Waals surface area contributed by atoms with E-state index < -0.39 is 9.84 Å². The first-order valence-corrected chi connectivity index (χ1v) is 6.88. The maximum absolute atomic E-state index is 11.6. The molecule has 0 aliphatic carbocycles. The highest BCUT2D eigenvalue weighted by Gasteiger charge is 2.16. The van der Waals surface area contributed by atoms with Crippen molar-refractivity contribution in [2.24, 2.45) is 0 Å². The molecule has 0 N–H and O–H groups in total. The Morgan fingerprint density at radius 3 is 2.50 bits per heavy atom. The van der Waals surface area contributed by atoms with Crippen LogP contribution in [0.3, 0.4) is 0 Å². The average Bonchev–Trinajstić information content (AvgIpc) is 2.02. The predicted molar refractivity (Wildman–Crippen MR) is 61.9 cm³/mol. The van der Waals surface area contributed by atoms with Crippen LogP contribution in [0.4, 0.5) is 0 Å². The summed E-state index contributed by atoms with van der Waals surface area (Å²) in [5.74, 6) is 0.115. The van der Waals surface area contributed by atoms with Crippen LogP contribution in [0.2, 0.25) is 0 Å². The molecule has 2 nitrogen and oxygen atoms in total. The number of halogens is 1. The van der Waals surface area contributed by atoms with Gasteiger partial charge in [-0.25, -0.2) is 8.42 Å². The number of hydrogen-bond donors (Lipinski definition) is 0. The van der Waals surface area contributed by atoms with Crippen molar-refractivity contribution in [2.75, 3.05) is 0 Å². The molecule has 78 valence electrons. The van der Waals surface area contributed by atoms with Crippen molar-refractivity contribution in [3.05, 3.63) is 34.3 Å². The quantitative estimate of drug-likeness (QED) is 0.851. The Kier molecular flexibility index (Phi) is 3.72. The summed E-state index contributed by atoms with van der Waals surface area (Å²) < 4.78 is 24.1. The van der Waals surface area contributed by atoms with Crippen molar-refractivity contribution < 1.29 is 8.42 Å². The lowest BCUT2D eigenvalue weighted by Crippen LogP contribution is -2.15. The molecule has 0 atom stereocenters. The Balaban J connectivity index is 2.90. The molecule has 0 amide bonds. The zero-order valence-electron chi connectivity index (χ0n) is 8.20. The first-order chi connectivity index (χ1) is 6.42. The lowest BCUT2D eigenvalue weighted by molar-refractivity contribution is 0.586. The van der Waals surface area contributed by atoms with E-state index in [1.165, 1.54) is 0 Å². The molecule has 0 fully saturated rings. The Hall–Kier alpha value is -0.350. The van der Waals surface area contributed by atoms with E-state index >= 15 is 0 Å². The predicted octanol–water partition coefficient (Wildman–Crippen LogP) is 2.77. The fourth-order valence-corrected chi connectivity index (χ4v) is 2.45. The Labute approximate surface area is 93.4 Å². The largest absolute Gasteiger partial charge is 0.228 e. The van der Waals surface area contributed by atoms with E-state index in [2.05, 4.69) is 15.9 Å². The SMILES string of the molecule is CC(C)S(=O)(=O)Cc1cccc(Br)c1. The highest BCUT2D eigenvalue weighted by atomic mass is 79.9. The summed E-state index contributed by atoms with van der Waals surface area (Å²) in [6, 6.07) is 7.38. The zero-order valence-corrected chi connectivity index (χ0v) is 10.6. The molecule has 14 heavy (non-hydrogen) atoms. The maximum atomic E-state index is 11.6. The van der Waals surface area contributed by atoms with E-state index in [1.54, 1.807) is 13.8 Å². The van der Waals surface area contributed by atoms with Gasteiger partial charge in [-0.1, -0.05) is 28.1 Å². The third-order valence-corrected chi connectivity index (χ3v) is 4.64. The molecule has 0 saturated carbocycles. The van der Waals surface area contributed by atoms with Crippen molar-refractivity contribution in [2.45, 2.75) is 24.9 Å². The first kappa shape index (κ1) is 11.7. The third-order valence-electron chi connectivity index (χ3n) is 1.98. The van der Waals surface area contributed by atoms with Gasteiger partial charge in [-0.3, -0.25) is 0 Å². The molecule has 0 aliphatic heterocycles. The van der Waals surface area contributed by atoms with Gasteiger partial charge in [0.1, 0.15) is 0 Å². The van der Waals surface area contributed by atoms with Gasteiger partial charge >= 0.3 is 0 Å². The summed E-state index contributed by atoms with van der Waals surface area (Å²) in [6.45, 7) is 3.40. The molecule has 0 spiro atoms. The third kappa shape index (κ3) is 3.10. The molecule has 0 aliphatic rings. The summed E-state index contributed by atoms with van der Waals surface area (Å²) in [4.78, 5) is 0. The van der Waals surface area contributed by atoms with Crippen LogP contribution in [0.1, 0.15) is 19.4 Å². The molecule has 0 unspecified atom stereocenters. The monoisotopic (exact) mass is 276 g/mol. The molecule has 0 heterocycles. The molecule has 0 saturated heterocycles. The highest BCUT2D eigenvalue weighted by Crippen LogP contribution is 2.15. The molecular formula is C10H13BrO2S. The lowest BCUT2D eigenvalue weighted by Gasteiger charge is -2.07. The Bertz CT molecular complexity index is 410. The Morgan fingerprint density at radius 1 is 1.36 bits per heavy atom. The van der Waals surface area contributed by atoms with Gasteiger partial charge in [0.15, 0.2) is 9.84 Å². The van der Waals surface area contributed by atoms with Gasteiger partial charge in [0.25, 0.3) is 0 Å². The molecule has 0 aromatic heterocycles. The molecule has 0 radical (unpaired) electrons. The van der Waals surface area contributed by atoms with Crippen LogP contribution in [0, 0.1) is 0 Å². The molecule has 1 rings (SSSR count). The van der Waals surface area contributed by atoms with Gasteiger partial charge in [-0.05, 0) is 31.5 Å². The fraction of sp³-hybridized carbons (Fsp3) is 0.400. The first-order valence-electron chi connectivity index (χ1n) is 4.38. The van der Waals surface area contributed by atoms with Crippen LogP contribution in [0.25, 0.3) is 0 Å². The number of rotatable bonds is 3. The fourth-order valence-electron chi connectivity index (χ4n) is 1.03. The van der Waals surface area contributed by atoms with Crippen LogP contribution in [-0.2, 0) is 15.6 Å². The summed E-state index contributed by atoms with van der Waals surface area (Å²) in [5, 5.41) is -0.318. The van der Waals surface area contributed by atoms with Crippen molar-refractivity contribution >= 4 is 25.8 Å². The maximum Gasteiger partial charge on any atom is 0.156 e. The van der Waals surface area contributed by atoms with E-state index in [9.17, 15) is 8.42 Å². The molecule has 1 aromatic carbocycles. The van der Waals surface area contributed by atoms with Gasteiger partial charge in [0.2, 0.25) is 0 Å². The van der Waals surface area contributed by atoms with E-state index in [-0.39, 0.29) is 11.0 Å². The second kappa shape index (κ2) is 4.45. The second-order valence-electron chi connectivity index (χ2n) is 3.49. The number of benzene rings is 1. The van der Waals surface area contributed by atoms with Gasteiger partial charge in [0.05, 0.1) is 11.0 Å². The summed E-state index contributed by atoms with van der Waals surface area (Å²) in [5.41, 5.74) is 0.827. The summed E-state index contributed by atoms with van der Waals surface area (Å²) >= 11 is 3.31. The molecular weight excluding hydrogens is 264 g/mol. The average molecular weight is 277 g/mol. The van der Waals surface area contributed by atoms with Gasteiger partial charge < -0.3 is 0 Å². The molecule has 1 aromatic rings. The van der Waals surface area contributed by atoms with Crippen molar-refractivity contribution in [1.82, 2.24) is 0 Å². The zero-order chi connectivity index (χ0) is 10.8. The van der Waals surface area contributed by atoms with Crippen LogP contribution in [-0.4, -0.2) is 13.7 Å². The van der Waals surface area contributed by atoms with Crippen molar-refractivity contribution in [1.29, 1.82) is 0 Å². The van der Waals surface area contributed by atoms with Crippen molar-refractivity contribution in [3.63, 3.8) is 0 Å². The molecule has 4 heteroatoms. The van der Waals surface area contributed by atoms with Crippen LogP contribution < -0.4 is 0 Å². The second-order valence-corrected chi connectivity index (χ2v) is 6.96. The summed E-state index contributed by atoms with van der Waals surface area (Å²) in [7, 11) is -2.99. The smallest absolute Gasteiger partial charge is 0.156 e. The van der Waals surface area contributed by atoms with Crippen LogP contribution in [0.15, 0.2) is 28.7 Å². The number of sulfone groups is 1. The van der Waals surface area contributed by atoms with E-state index in [4.69, 9.17) is 0 Å². The van der Waals surface area contributed by atoms with Gasteiger partial charge in [-0.15, -0.1) is 0 Å². The van der Waals surface area contributed by atoms with Crippen LogP contribution in [0.5, 0.6) is 0 Å². The van der Waals surface area contributed by atoms with Crippen molar-refractivity contribution in [3.8, 4) is 0 Å². The minimum absolute atomic E-state index is 0.115. The van der Waals surface area contributed by atoms with E-state index in [1.807, 2.05) is 24.3 Å². The Morgan fingerprint density at radius 2 is 2.00 bits per heavy atom.